The van der Waals surface area contributed by atoms with Crippen LogP contribution in [0.4, 0.5) is 11.4 Å². The standard InChI is InChI=1S/C28H26Cl2N8/c1-28(2,3)15-34-25-17(12-32)13-33-26-21(25)9-18(10-22(26)29)35-27(20-6-4-5-16(11-31)24(20)30)23-14-38(37-36-23)19-7-8-19/h4-6,9-10,13-14,19,27,35H,7-8,15H2,1-3H3,(H,33,34)/i27D. The number of hydrogen-bond acceptors (Lipinski definition) is 7. The molecule has 4 aromatic rings. The molecule has 0 saturated heterocycles. The summed E-state index contributed by atoms with van der Waals surface area (Å²) in [5, 5.41) is 35.7. The van der Waals surface area contributed by atoms with Gasteiger partial charge in [-0.05, 0) is 36.5 Å². The molecule has 0 amide bonds. The lowest BCUT2D eigenvalue weighted by Crippen LogP contribution is -2.20. The Bertz CT molecular complexity index is 1660. The van der Waals surface area contributed by atoms with Gasteiger partial charge in [0, 0.05) is 29.4 Å². The largest absolute Gasteiger partial charge is 0.383 e. The van der Waals surface area contributed by atoms with Gasteiger partial charge in [-0.1, -0.05) is 61.3 Å². The molecule has 2 aromatic heterocycles. The Kier molecular flexibility index (Phi) is 6.53. The van der Waals surface area contributed by atoms with Crippen LogP contribution in [-0.2, 0) is 0 Å². The maximum absolute atomic E-state index is 9.79. The number of nitrogens with zero attached hydrogens (tertiary/aromatic N) is 6. The summed E-state index contributed by atoms with van der Waals surface area (Å²) in [6.07, 6.45) is 5.25. The number of anilines is 2. The fourth-order valence-corrected chi connectivity index (χ4v) is 4.63. The van der Waals surface area contributed by atoms with Crippen LogP contribution in [0.15, 0.2) is 42.7 Å². The van der Waals surface area contributed by atoms with Gasteiger partial charge in [-0.15, -0.1) is 5.10 Å². The average Bonchev–Trinajstić information content (AvgIpc) is 3.62. The van der Waals surface area contributed by atoms with Gasteiger partial charge in [-0.2, -0.15) is 10.5 Å². The first kappa shape index (κ1) is 24.5. The Morgan fingerprint density at radius 3 is 2.63 bits per heavy atom. The smallest absolute Gasteiger partial charge is 0.110 e. The summed E-state index contributed by atoms with van der Waals surface area (Å²) in [4.78, 5) is 4.43. The van der Waals surface area contributed by atoms with Crippen LogP contribution in [0.25, 0.3) is 10.9 Å². The molecule has 0 bridgehead atoms. The van der Waals surface area contributed by atoms with E-state index in [0.29, 0.717) is 50.7 Å². The summed E-state index contributed by atoms with van der Waals surface area (Å²) in [7, 11) is 0. The van der Waals surface area contributed by atoms with Gasteiger partial charge in [0.2, 0.25) is 0 Å². The van der Waals surface area contributed by atoms with E-state index in [9.17, 15) is 11.9 Å². The summed E-state index contributed by atoms with van der Waals surface area (Å²) < 4.78 is 11.4. The van der Waals surface area contributed by atoms with Crippen molar-refractivity contribution in [2.75, 3.05) is 17.2 Å². The molecule has 2 aromatic carbocycles. The fourth-order valence-electron chi connectivity index (χ4n) is 4.09. The molecule has 8 nitrogen and oxygen atoms in total. The van der Waals surface area contributed by atoms with Crippen molar-refractivity contribution in [3.05, 3.63) is 75.2 Å². The highest BCUT2D eigenvalue weighted by Crippen LogP contribution is 2.39. The van der Waals surface area contributed by atoms with Crippen molar-refractivity contribution in [1.82, 2.24) is 20.0 Å². The van der Waals surface area contributed by atoms with Crippen LogP contribution in [0.2, 0.25) is 10.0 Å². The molecule has 0 spiro atoms. The highest BCUT2D eigenvalue weighted by Gasteiger charge is 2.28. The van der Waals surface area contributed by atoms with Gasteiger partial charge in [0.15, 0.2) is 0 Å². The van der Waals surface area contributed by atoms with Crippen molar-refractivity contribution in [2.45, 2.75) is 45.7 Å². The highest BCUT2D eigenvalue weighted by molar-refractivity contribution is 6.36. The highest BCUT2D eigenvalue weighted by atomic mass is 35.5. The maximum atomic E-state index is 9.79. The Morgan fingerprint density at radius 1 is 1.18 bits per heavy atom. The van der Waals surface area contributed by atoms with Gasteiger partial charge in [0.1, 0.15) is 17.8 Å². The van der Waals surface area contributed by atoms with Gasteiger partial charge in [-0.3, -0.25) is 4.98 Å². The average molecular weight is 546 g/mol. The first-order chi connectivity index (χ1) is 18.5. The minimum Gasteiger partial charge on any atom is -0.383 e. The number of pyridine rings is 1. The van der Waals surface area contributed by atoms with Gasteiger partial charge in [-0.25, -0.2) is 4.68 Å². The van der Waals surface area contributed by atoms with Crippen LogP contribution >= 0.6 is 23.2 Å². The predicted molar refractivity (Wildman–Crippen MR) is 149 cm³/mol. The molecule has 1 aliphatic rings. The topological polar surface area (TPSA) is 115 Å². The lowest BCUT2D eigenvalue weighted by atomic mass is 9.96. The lowest BCUT2D eigenvalue weighted by Gasteiger charge is -2.23. The molecular formula is C28H26Cl2N8. The monoisotopic (exact) mass is 545 g/mol. The molecule has 1 fully saturated rings. The van der Waals surface area contributed by atoms with E-state index >= 15 is 0 Å². The number of nitriles is 2. The van der Waals surface area contributed by atoms with Gasteiger partial charge >= 0.3 is 0 Å². The van der Waals surface area contributed by atoms with E-state index in [2.05, 4.69) is 58.8 Å². The number of fused-ring (bicyclic) bond motifs is 1. The van der Waals surface area contributed by atoms with Crippen LogP contribution < -0.4 is 10.6 Å². The lowest BCUT2D eigenvalue weighted by molar-refractivity contribution is 0.443. The molecular weight excluding hydrogens is 519 g/mol. The van der Waals surface area contributed by atoms with E-state index in [-0.39, 0.29) is 22.0 Å². The maximum Gasteiger partial charge on any atom is 0.110 e. The number of halogens is 2. The van der Waals surface area contributed by atoms with E-state index in [1.807, 2.05) is 0 Å². The third kappa shape index (κ3) is 5.24. The van der Waals surface area contributed by atoms with Crippen molar-refractivity contribution >= 4 is 45.5 Å². The Hall–Kier alpha value is -3.85. The van der Waals surface area contributed by atoms with Gasteiger partial charge in [0.25, 0.3) is 0 Å². The van der Waals surface area contributed by atoms with E-state index in [1.165, 1.54) is 6.20 Å². The molecule has 192 valence electrons. The normalized spacial score (nSPS) is 15.3. The third-order valence-electron chi connectivity index (χ3n) is 6.19. The SMILES string of the molecule is [2H]C(Nc1cc(Cl)c2ncc(C#N)c(NCC(C)(C)C)c2c1)(c1cn(C2CC2)nn1)c1cccc(C#N)c1Cl. The minimum absolute atomic E-state index is 0.0474. The quantitative estimate of drug-likeness (QED) is 0.260. The molecule has 0 radical (unpaired) electrons. The van der Waals surface area contributed by atoms with Gasteiger partial charge < -0.3 is 10.6 Å². The molecule has 1 saturated carbocycles. The summed E-state index contributed by atoms with van der Waals surface area (Å²) in [5.41, 5.74) is 2.87. The van der Waals surface area contributed by atoms with Crippen molar-refractivity contribution in [2.24, 2.45) is 5.41 Å². The second kappa shape index (κ2) is 10.1. The van der Waals surface area contributed by atoms with E-state index < -0.39 is 6.02 Å². The van der Waals surface area contributed by atoms with E-state index in [4.69, 9.17) is 23.2 Å². The summed E-state index contributed by atoms with van der Waals surface area (Å²) in [5.74, 6) is 0. The Labute approximate surface area is 232 Å². The second-order valence-electron chi connectivity index (χ2n) is 10.5. The number of rotatable bonds is 7. The molecule has 38 heavy (non-hydrogen) atoms. The summed E-state index contributed by atoms with van der Waals surface area (Å²) in [6.45, 7) is 6.90. The van der Waals surface area contributed by atoms with E-state index in [1.54, 1.807) is 41.2 Å². The third-order valence-corrected chi connectivity index (χ3v) is 6.88. The molecule has 1 atom stereocenters. The summed E-state index contributed by atoms with van der Waals surface area (Å²) in [6, 6.07) is 11.3. The van der Waals surface area contributed by atoms with Crippen LogP contribution in [-0.4, -0.2) is 26.5 Å². The molecule has 0 aliphatic heterocycles. The van der Waals surface area contributed by atoms with E-state index in [0.717, 1.165) is 12.8 Å². The van der Waals surface area contributed by atoms with Crippen LogP contribution in [0, 0.1) is 28.1 Å². The molecule has 10 heteroatoms. The zero-order valence-electron chi connectivity index (χ0n) is 22.2. The molecule has 2 N–H and O–H groups in total. The number of nitrogens with one attached hydrogen (secondary N) is 2. The molecule has 5 rings (SSSR count). The molecule has 2 heterocycles. The first-order valence-electron chi connectivity index (χ1n) is 12.7. The molecule has 1 aliphatic carbocycles. The van der Waals surface area contributed by atoms with Crippen molar-refractivity contribution < 1.29 is 1.37 Å². The van der Waals surface area contributed by atoms with Crippen LogP contribution in [0.1, 0.15) is 69.4 Å². The Morgan fingerprint density at radius 2 is 1.95 bits per heavy atom. The summed E-state index contributed by atoms with van der Waals surface area (Å²) >= 11 is 13.3. The number of hydrogen-bond donors (Lipinski definition) is 2. The second-order valence-corrected chi connectivity index (χ2v) is 11.3. The minimum atomic E-state index is -1.71. The van der Waals surface area contributed by atoms with Crippen LogP contribution in [0.5, 0.6) is 0 Å². The number of benzene rings is 2. The first-order valence-corrected chi connectivity index (χ1v) is 13.0. The zero-order valence-corrected chi connectivity index (χ0v) is 22.7. The fraction of sp³-hybridized carbons (Fsp3) is 0.321. The van der Waals surface area contributed by atoms with Crippen molar-refractivity contribution in [3.63, 3.8) is 0 Å². The van der Waals surface area contributed by atoms with Gasteiger partial charge in [0.05, 0.1) is 52.0 Å². The zero-order chi connectivity index (χ0) is 27.9. The Balaban J connectivity index is 1.67. The predicted octanol–water partition coefficient (Wildman–Crippen LogP) is 6.87. The van der Waals surface area contributed by atoms with Crippen molar-refractivity contribution in [1.29, 1.82) is 10.5 Å². The van der Waals surface area contributed by atoms with Crippen LogP contribution in [0.3, 0.4) is 0 Å². The van der Waals surface area contributed by atoms with Crippen molar-refractivity contribution in [3.8, 4) is 12.1 Å². The molecule has 1 unspecified atom stereocenters. The number of aromatic nitrogens is 4.